The van der Waals surface area contributed by atoms with E-state index in [0.29, 0.717) is 12.8 Å². The number of aliphatic carboxylic acids is 1. The fraction of sp³-hybridized carbons (Fsp3) is 0.615. The third-order valence-electron chi connectivity index (χ3n) is 3.60. The molecule has 1 rings (SSSR count). The van der Waals surface area contributed by atoms with Gasteiger partial charge in [-0.05, 0) is 12.8 Å². The Morgan fingerprint density at radius 2 is 1.71 bits per heavy atom. The molecule has 1 heterocycles. The summed E-state index contributed by atoms with van der Waals surface area (Å²) in [5.74, 6) is -4.38. The zero-order valence-corrected chi connectivity index (χ0v) is 12.9. The number of hydrogen-bond acceptors (Lipinski definition) is 6. The summed E-state index contributed by atoms with van der Waals surface area (Å²) >= 11 is 0. The summed E-state index contributed by atoms with van der Waals surface area (Å²) in [6.45, 7) is 0.247. The molecule has 0 unspecified atom stereocenters. The molecule has 0 aliphatic carbocycles. The predicted molar refractivity (Wildman–Crippen MR) is 79.9 cm³/mol. The standard InChI is InChI=1S/C13H21N5O6/c14-6(4-9(15)19)12(22)18-3-1-2-8(18)11(21)17-7(13(23)24)5-10(16)20/h6-8H,1-5,14H2,(H2,15,19)(H2,16,20)(H,17,21)(H,23,24)/t6-,7-,8-/m0/s1. The second-order valence-electron chi connectivity index (χ2n) is 5.54. The van der Waals surface area contributed by atoms with E-state index >= 15 is 0 Å². The van der Waals surface area contributed by atoms with Gasteiger partial charge in [0.05, 0.1) is 18.9 Å². The number of nitrogens with two attached hydrogens (primary N) is 3. The van der Waals surface area contributed by atoms with E-state index in [1.54, 1.807) is 0 Å². The number of carbonyl (C=O) groups is 5. The number of amides is 4. The highest BCUT2D eigenvalue weighted by Gasteiger charge is 2.38. The average molecular weight is 343 g/mol. The first-order valence-electron chi connectivity index (χ1n) is 7.29. The summed E-state index contributed by atoms with van der Waals surface area (Å²) in [5, 5.41) is 11.2. The van der Waals surface area contributed by atoms with E-state index < -0.39 is 54.1 Å². The maximum Gasteiger partial charge on any atom is 0.326 e. The number of carboxylic acid groups (broad SMARTS) is 1. The van der Waals surface area contributed by atoms with Gasteiger partial charge in [0.15, 0.2) is 0 Å². The molecule has 0 saturated carbocycles. The Labute approximate surface area is 137 Å². The van der Waals surface area contributed by atoms with Gasteiger partial charge in [-0.3, -0.25) is 19.2 Å². The van der Waals surface area contributed by atoms with Crippen LogP contribution in [0.1, 0.15) is 25.7 Å². The van der Waals surface area contributed by atoms with Crippen molar-refractivity contribution in [2.45, 2.75) is 43.8 Å². The summed E-state index contributed by atoms with van der Waals surface area (Å²) in [7, 11) is 0. The van der Waals surface area contributed by atoms with Crippen molar-refractivity contribution in [3.05, 3.63) is 0 Å². The van der Waals surface area contributed by atoms with Crippen LogP contribution in [0.4, 0.5) is 0 Å². The number of primary amides is 2. The molecule has 0 radical (unpaired) electrons. The Balaban J connectivity index is 2.77. The first kappa shape index (κ1) is 19.4. The molecule has 1 aliphatic heterocycles. The third kappa shape index (κ3) is 5.19. The van der Waals surface area contributed by atoms with Crippen molar-refractivity contribution in [2.24, 2.45) is 17.2 Å². The molecule has 0 aromatic carbocycles. The highest BCUT2D eigenvalue weighted by atomic mass is 16.4. The minimum atomic E-state index is -1.48. The highest BCUT2D eigenvalue weighted by molar-refractivity contribution is 5.94. The number of carbonyl (C=O) groups excluding carboxylic acids is 4. The van der Waals surface area contributed by atoms with Crippen molar-refractivity contribution in [1.29, 1.82) is 0 Å². The van der Waals surface area contributed by atoms with Crippen molar-refractivity contribution in [2.75, 3.05) is 6.54 Å². The molecular weight excluding hydrogens is 322 g/mol. The largest absolute Gasteiger partial charge is 0.480 e. The lowest BCUT2D eigenvalue weighted by atomic mass is 10.1. The molecule has 24 heavy (non-hydrogen) atoms. The van der Waals surface area contributed by atoms with E-state index in [-0.39, 0.29) is 13.0 Å². The first-order valence-corrected chi connectivity index (χ1v) is 7.29. The number of likely N-dealkylation sites (tertiary alicyclic amines) is 1. The monoisotopic (exact) mass is 343 g/mol. The van der Waals surface area contributed by atoms with Crippen LogP contribution in [-0.2, 0) is 24.0 Å². The van der Waals surface area contributed by atoms with Crippen molar-refractivity contribution >= 4 is 29.6 Å². The van der Waals surface area contributed by atoms with Gasteiger partial charge in [0, 0.05) is 6.54 Å². The molecule has 0 bridgehead atoms. The Hall–Kier alpha value is -2.69. The Bertz CT molecular complexity index is 551. The highest BCUT2D eigenvalue weighted by Crippen LogP contribution is 2.19. The fourth-order valence-electron chi connectivity index (χ4n) is 2.49. The zero-order valence-electron chi connectivity index (χ0n) is 12.9. The van der Waals surface area contributed by atoms with Gasteiger partial charge < -0.3 is 32.5 Å². The lowest BCUT2D eigenvalue weighted by molar-refractivity contribution is -0.145. The molecule has 1 aliphatic rings. The van der Waals surface area contributed by atoms with Gasteiger partial charge in [0.2, 0.25) is 23.6 Å². The molecule has 11 heteroatoms. The molecule has 11 nitrogen and oxygen atoms in total. The topological polar surface area (TPSA) is 199 Å². The van der Waals surface area contributed by atoms with Crippen LogP contribution in [0.25, 0.3) is 0 Å². The van der Waals surface area contributed by atoms with Gasteiger partial charge in [0.1, 0.15) is 12.1 Å². The van der Waals surface area contributed by atoms with E-state index in [4.69, 9.17) is 22.3 Å². The summed E-state index contributed by atoms with van der Waals surface area (Å²) in [6.07, 6.45) is -0.101. The maximum absolute atomic E-state index is 12.2. The van der Waals surface area contributed by atoms with Crippen LogP contribution in [0.3, 0.4) is 0 Å². The Morgan fingerprint density at radius 3 is 2.21 bits per heavy atom. The van der Waals surface area contributed by atoms with Gasteiger partial charge in [-0.25, -0.2) is 4.79 Å². The van der Waals surface area contributed by atoms with Crippen molar-refractivity contribution in [1.82, 2.24) is 10.2 Å². The maximum atomic E-state index is 12.2. The fourth-order valence-corrected chi connectivity index (χ4v) is 2.49. The van der Waals surface area contributed by atoms with E-state index in [1.165, 1.54) is 4.90 Å². The smallest absolute Gasteiger partial charge is 0.326 e. The normalized spacial score (nSPS) is 19.4. The molecule has 0 spiro atoms. The van der Waals surface area contributed by atoms with Gasteiger partial charge >= 0.3 is 5.97 Å². The Kier molecular flexibility index (Phi) is 6.65. The average Bonchev–Trinajstić information content (AvgIpc) is 2.93. The number of nitrogens with zero attached hydrogens (tertiary/aromatic N) is 1. The van der Waals surface area contributed by atoms with Crippen LogP contribution in [0.15, 0.2) is 0 Å². The number of carboxylic acids is 1. The second kappa shape index (κ2) is 8.24. The van der Waals surface area contributed by atoms with Gasteiger partial charge in [-0.2, -0.15) is 0 Å². The van der Waals surface area contributed by atoms with Crippen LogP contribution in [0.5, 0.6) is 0 Å². The SMILES string of the molecule is NC(=O)C[C@H](NC(=O)[C@@H]1CCCN1C(=O)[C@@H](N)CC(N)=O)C(=O)O. The van der Waals surface area contributed by atoms with Crippen molar-refractivity contribution < 1.29 is 29.1 Å². The van der Waals surface area contributed by atoms with E-state index in [9.17, 15) is 24.0 Å². The third-order valence-corrected chi connectivity index (χ3v) is 3.60. The summed E-state index contributed by atoms with van der Waals surface area (Å²) < 4.78 is 0. The lowest BCUT2D eigenvalue weighted by Gasteiger charge is -2.27. The van der Waals surface area contributed by atoms with Crippen LogP contribution >= 0.6 is 0 Å². The van der Waals surface area contributed by atoms with Gasteiger partial charge in [0.25, 0.3) is 0 Å². The molecule has 0 aromatic heterocycles. The van der Waals surface area contributed by atoms with Crippen molar-refractivity contribution in [3.8, 4) is 0 Å². The number of hydrogen-bond donors (Lipinski definition) is 5. The lowest BCUT2D eigenvalue weighted by Crippen LogP contribution is -2.54. The van der Waals surface area contributed by atoms with Crippen LogP contribution in [0.2, 0.25) is 0 Å². The molecular formula is C13H21N5O6. The van der Waals surface area contributed by atoms with Gasteiger partial charge in [-0.1, -0.05) is 0 Å². The molecule has 134 valence electrons. The minimum Gasteiger partial charge on any atom is -0.480 e. The first-order chi connectivity index (χ1) is 11.1. The second-order valence-corrected chi connectivity index (χ2v) is 5.54. The predicted octanol–water partition coefficient (Wildman–Crippen LogP) is -3.38. The number of nitrogens with one attached hydrogen (secondary N) is 1. The minimum absolute atomic E-state index is 0.247. The quantitative estimate of drug-likeness (QED) is 0.302. The molecule has 8 N–H and O–H groups in total. The van der Waals surface area contributed by atoms with Crippen LogP contribution in [-0.4, -0.2) is 64.3 Å². The van der Waals surface area contributed by atoms with Crippen LogP contribution in [0, 0.1) is 0 Å². The summed E-state index contributed by atoms with van der Waals surface area (Å²) in [5.41, 5.74) is 15.5. The van der Waals surface area contributed by atoms with Crippen molar-refractivity contribution in [3.63, 3.8) is 0 Å². The van der Waals surface area contributed by atoms with E-state index in [0.717, 1.165) is 0 Å². The molecule has 3 atom stereocenters. The summed E-state index contributed by atoms with van der Waals surface area (Å²) in [4.78, 5) is 58.4. The number of rotatable bonds is 8. The summed E-state index contributed by atoms with van der Waals surface area (Å²) in [6, 6.07) is -3.57. The van der Waals surface area contributed by atoms with E-state index in [2.05, 4.69) is 5.32 Å². The molecule has 1 saturated heterocycles. The zero-order chi connectivity index (χ0) is 18.4. The molecule has 4 amide bonds. The van der Waals surface area contributed by atoms with E-state index in [1.807, 2.05) is 0 Å². The molecule has 1 fully saturated rings. The molecule has 0 aromatic rings. The van der Waals surface area contributed by atoms with Crippen LogP contribution < -0.4 is 22.5 Å². The Morgan fingerprint density at radius 1 is 1.12 bits per heavy atom. The van der Waals surface area contributed by atoms with Gasteiger partial charge in [-0.15, -0.1) is 0 Å².